The van der Waals surface area contributed by atoms with Crippen molar-refractivity contribution in [1.82, 2.24) is 10.2 Å². The number of rotatable bonds is 7. The molecule has 0 spiro atoms. The molecule has 1 atom stereocenters. The Labute approximate surface area is 111 Å². The molecule has 1 aliphatic carbocycles. The Kier molecular flexibility index (Phi) is 4.79. The Morgan fingerprint density at radius 1 is 1.33 bits per heavy atom. The normalized spacial score (nSPS) is 17.1. The Bertz CT molecular complexity index is 371. The first-order chi connectivity index (χ1) is 8.66. The molecular formula is C16H26N2. The van der Waals surface area contributed by atoms with Crippen LogP contribution in [0.15, 0.2) is 24.3 Å². The van der Waals surface area contributed by atoms with Crippen molar-refractivity contribution < 1.29 is 0 Å². The summed E-state index contributed by atoms with van der Waals surface area (Å²) >= 11 is 0. The lowest BCUT2D eigenvalue weighted by Gasteiger charge is -2.20. The number of benzene rings is 1. The average molecular weight is 246 g/mol. The lowest BCUT2D eigenvalue weighted by atomic mass is 10.1. The largest absolute Gasteiger partial charge is 0.313 e. The summed E-state index contributed by atoms with van der Waals surface area (Å²) in [6.45, 7) is 7.77. The van der Waals surface area contributed by atoms with Crippen LogP contribution >= 0.6 is 0 Å². The lowest BCUT2D eigenvalue weighted by molar-refractivity contribution is 0.314. The Hall–Kier alpha value is -0.860. The monoisotopic (exact) mass is 246 g/mol. The highest BCUT2D eigenvalue weighted by atomic mass is 15.1. The SMILES string of the molecule is Cc1ccccc1CN(C)CCNC(C)C1CC1. The van der Waals surface area contributed by atoms with Gasteiger partial charge in [-0.05, 0) is 50.8 Å². The summed E-state index contributed by atoms with van der Waals surface area (Å²) in [5, 5.41) is 3.63. The molecule has 1 saturated carbocycles. The third-order valence-corrected chi connectivity index (χ3v) is 3.99. The van der Waals surface area contributed by atoms with Gasteiger partial charge in [-0.15, -0.1) is 0 Å². The molecule has 0 amide bonds. The number of hydrogen-bond acceptors (Lipinski definition) is 2. The third-order valence-electron chi connectivity index (χ3n) is 3.99. The average Bonchev–Trinajstić information content (AvgIpc) is 3.16. The van der Waals surface area contributed by atoms with Crippen molar-refractivity contribution in [3.8, 4) is 0 Å². The minimum absolute atomic E-state index is 0.705. The topological polar surface area (TPSA) is 15.3 Å². The van der Waals surface area contributed by atoms with Gasteiger partial charge in [0.25, 0.3) is 0 Å². The standard InChI is InChI=1S/C16H26N2/c1-13-6-4-5-7-16(13)12-18(3)11-10-17-14(2)15-8-9-15/h4-7,14-15,17H,8-12H2,1-3H3. The van der Waals surface area contributed by atoms with Gasteiger partial charge in [0.15, 0.2) is 0 Å². The van der Waals surface area contributed by atoms with E-state index in [9.17, 15) is 0 Å². The third kappa shape index (κ3) is 4.11. The first kappa shape index (κ1) is 13.6. The quantitative estimate of drug-likeness (QED) is 0.796. The first-order valence-electron chi connectivity index (χ1n) is 7.13. The minimum atomic E-state index is 0.705. The van der Waals surface area contributed by atoms with Crippen LogP contribution in [0.1, 0.15) is 30.9 Å². The maximum Gasteiger partial charge on any atom is 0.0233 e. The van der Waals surface area contributed by atoms with Crippen molar-refractivity contribution in [1.29, 1.82) is 0 Å². The van der Waals surface area contributed by atoms with E-state index in [2.05, 4.69) is 55.4 Å². The van der Waals surface area contributed by atoms with Crippen LogP contribution in [0.2, 0.25) is 0 Å². The molecular weight excluding hydrogens is 220 g/mol. The Morgan fingerprint density at radius 3 is 2.72 bits per heavy atom. The second kappa shape index (κ2) is 6.35. The maximum absolute atomic E-state index is 3.63. The highest BCUT2D eigenvalue weighted by molar-refractivity contribution is 5.25. The molecule has 2 nitrogen and oxygen atoms in total. The smallest absolute Gasteiger partial charge is 0.0233 e. The van der Waals surface area contributed by atoms with Gasteiger partial charge in [0.2, 0.25) is 0 Å². The lowest BCUT2D eigenvalue weighted by Crippen LogP contribution is -2.35. The van der Waals surface area contributed by atoms with Gasteiger partial charge in [-0.1, -0.05) is 24.3 Å². The molecule has 2 heteroatoms. The zero-order valence-corrected chi connectivity index (χ0v) is 11.9. The van der Waals surface area contributed by atoms with E-state index in [1.54, 1.807) is 0 Å². The minimum Gasteiger partial charge on any atom is -0.313 e. The van der Waals surface area contributed by atoms with Crippen molar-refractivity contribution in [2.75, 3.05) is 20.1 Å². The fraction of sp³-hybridized carbons (Fsp3) is 0.625. The van der Waals surface area contributed by atoms with E-state index in [0.717, 1.165) is 25.6 Å². The van der Waals surface area contributed by atoms with Gasteiger partial charge in [0.1, 0.15) is 0 Å². The maximum atomic E-state index is 3.63. The number of hydrogen-bond donors (Lipinski definition) is 1. The van der Waals surface area contributed by atoms with Crippen LogP contribution < -0.4 is 5.32 Å². The van der Waals surface area contributed by atoms with E-state index >= 15 is 0 Å². The molecule has 2 rings (SSSR count). The second-order valence-corrected chi connectivity index (χ2v) is 5.74. The van der Waals surface area contributed by atoms with Gasteiger partial charge in [-0.2, -0.15) is 0 Å². The van der Waals surface area contributed by atoms with E-state index in [0.29, 0.717) is 6.04 Å². The molecule has 0 heterocycles. The number of nitrogens with one attached hydrogen (secondary N) is 1. The van der Waals surface area contributed by atoms with Crippen molar-refractivity contribution in [2.24, 2.45) is 5.92 Å². The van der Waals surface area contributed by atoms with Gasteiger partial charge < -0.3 is 10.2 Å². The fourth-order valence-electron chi connectivity index (χ4n) is 2.40. The molecule has 0 aromatic heterocycles. The Balaban J connectivity index is 1.68. The molecule has 0 saturated heterocycles. The van der Waals surface area contributed by atoms with Crippen LogP contribution in [0.5, 0.6) is 0 Å². The highest BCUT2D eigenvalue weighted by Crippen LogP contribution is 2.32. The van der Waals surface area contributed by atoms with E-state index in [-0.39, 0.29) is 0 Å². The van der Waals surface area contributed by atoms with E-state index in [1.807, 2.05) is 0 Å². The van der Waals surface area contributed by atoms with Gasteiger partial charge in [-0.3, -0.25) is 0 Å². The molecule has 1 aromatic carbocycles. The summed E-state index contributed by atoms with van der Waals surface area (Å²) < 4.78 is 0. The van der Waals surface area contributed by atoms with Crippen molar-refractivity contribution in [3.05, 3.63) is 35.4 Å². The highest BCUT2D eigenvalue weighted by Gasteiger charge is 2.27. The number of aryl methyl sites for hydroxylation is 1. The summed E-state index contributed by atoms with van der Waals surface area (Å²) in [6, 6.07) is 9.36. The molecule has 100 valence electrons. The molecule has 1 fully saturated rings. The van der Waals surface area contributed by atoms with E-state index in [1.165, 1.54) is 24.0 Å². The van der Waals surface area contributed by atoms with Crippen LogP contribution in [-0.4, -0.2) is 31.1 Å². The summed E-state index contributed by atoms with van der Waals surface area (Å²) in [5.74, 6) is 0.951. The molecule has 1 aromatic rings. The van der Waals surface area contributed by atoms with Crippen LogP contribution in [0.4, 0.5) is 0 Å². The van der Waals surface area contributed by atoms with Gasteiger partial charge in [0.05, 0.1) is 0 Å². The van der Waals surface area contributed by atoms with Crippen LogP contribution in [-0.2, 0) is 6.54 Å². The van der Waals surface area contributed by atoms with Crippen LogP contribution in [0.25, 0.3) is 0 Å². The zero-order chi connectivity index (χ0) is 13.0. The predicted octanol–water partition coefficient (Wildman–Crippen LogP) is 2.81. The van der Waals surface area contributed by atoms with Gasteiger partial charge in [0, 0.05) is 25.7 Å². The predicted molar refractivity (Wildman–Crippen MR) is 77.7 cm³/mol. The van der Waals surface area contributed by atoms with Crippen molar-refractivity contribution in [3.63, 3.8) is 0 Å². The molecule has 1 aliphatic rings. The molecule has 0 aliphatic heterocycles. The molecule has 0 bridgehead atoms. The van der Waals surface area contributed by atoms with Gasteiger partial charge in [-0.25, -0.2) is 0 Å². The molecule has 1 unspecified atom stereocenters. The summed E-state index contributed by atoms with van der Waals surface area (Å²) in [6.07, 6.45) is 2.85. The Morgan fingerprint density at radius 2 is 2.06 bits per heavy atom. The molecule has 0 radical (unpaired) electrons. The number of likely N-dealkylation sites (N-methyl/N-ethyl adjacent to an activating group) is 1. The van der Waals surface area contributed by atoms with E-state index in [4.69, 9.17) is 0 Å². The molecule has 1 N–H and O–H groups in total. The van der Waals surface area contributed by atoms with Crippen molar-refractivity contribution >= 4 is 0 Å². The summed E-state index contributed by atoms with van der Waals surface area (Å²) in [5.41, 5.74) is 2.83. The van der Waals surface area contributed by atoms with E-state index < -0.39 is 0 Å². The van der Waals surface area contributed by atoms with Crippen molar-refractivity contribution in [2.45, 2.75) is 39.3 Å². The zero-order valence-electron chi connectivity index (χ0n) is 11.9. The van der Waals surface area contributed by atoms with Crippen LogP contribution in [0.3, 0.4) is 0 Å². The van der Waals surface area contributed by atoms with Gasteiger partial charge >= 0.3 is 0 Å². The molecule has 18 heavy (non-hydrogen) atoms. The van der Waals surface area contributed by atoms with Crippen LogP contribution in [0, 0.1) is 12.8 Å². The fourth-order valence-corrected chi connectivity index (χ4v) is 2.40. The first-order valence-corrected chi connectivity index (χ1v) is 7.13. The summed E-state index contributed by atoms with van der Waals surface area (Å²) in [4.78, 5) is 2.40. The number of nitrogens with zero attached hydrogens (tertiary/aromatic N) is 1. The second-order valence-electron chi connectivity index (χ2n) is 5.74. The summed E-state index contributed by atoms with van der Waals surface area (Å²) in [7, 11) is 2.20.